The predicted octanol–water partition coefficient (Wildman–Crippen LogP) is 2.74. The average molecular weight is 411 g/mol. The maximum atomic E-state index is 12.6. The van der Waals surface area contributed by atoms with Crippen LogP contribution < -0.4 is 16.4 Å². The summed E-state index contributed by atoms with van der Waals surface area (Å²) in [5, 5.41) is 26.2. The third-order valence-corrected chi connectivity index (χ3v) is 5.22. The lowest BCUT2D eigenvalue weighted by atomic mass is 10.0. The molecule has 7 nitrogen and oxygen atoms in total. The number of nitrogen functional groups attached to an aromatic ring is 1. The number of hydrogen-bond acceptors (Lipinski definition) is 6. The van der Waals surface area contributed by atoms with E-state index >= 15 is 0 Å². The molecule has 0 fully saturated rings. The van der Waals surface area contributed by atoms with Crippen LogP contribution in [0.1, 0.15) is 28.9 Å². The van der Waals surface area contributed by atoms with Gasteiger partial charge in [0.2, 0.25) is 5.91 Å². The van der Waals surface area contributed by atoms with E-state index in [0.717, 1.165) is 10.4 Å². The van der Waals surface area contributed by atoms with Gasteiger partial charge in [-0.25, -0.2) is 0 Å². The van der Waals surface area contributed by atoms with E-state index in [-0.39, 0.29) is 5.91 Å². The molecule has 0 aliphatic carbocycles. The molecule has 0 saturated carbocycles. The Morgan fingerprint density at radius 1 is 1.07 bits per heavy atom. The third kappa shape index (κ3) is 5.00. The van der Waals surface area contributed by atoms with Crippen LogP contribution in [0.5, 0.6) is 0 Å². The molecule has 0 radical (unpaired) electrons. The summed E-state index contributed by atoms with van der Waals surface area (Å²) in [7, 11) is 0. The van der Waals surface area contributed by atoms with Gasteiger partial charge in [0, 0.05) is 17.4 Å². The predicted molar refractivity (Wildman–Crippen MR) is 113 cm³/mol. The van der Waals surface area contributed by atoms with Crippen LogP contribution in [0.15, 0.2) is 60.0 Å². The Hall–Kier alpha value is -3.20. The minimum atomic E-state index is -1.77. The van der Waals surface area contributed by atoms with Gasteiger partial charge in [0.15, 0.2) is 6.29 Å². The van der Waals surface area contributed by atoms with E-state index in [4.69, 9.17) is 5.73 Å². The lowest BCUT2D eigenvalue weighted by Gasteiger charge is -2.20. The maximum absolute atomic E-state index is 12.6. The molecule has 0 bridgehead atoms. The Morgan fingerprint density at radius 3 is 2.38 bits per heavy atom. The first-order valence-corrected chi connectivity index (χ1v) is 9.71. The standard InChI is InChI=1S/C21H21N3O4S/c1-12(25)23-19(21(27)28)13-4-6-14(7-5-13)20(26)24-17-11-15(8-9-16(17)22)18-3-2-10-29-18/h2-11,19,21,27-28H,22H2,1H3,(H,23,25)(H,24,26). The first-order chi connectivity index (χ1) is 13.8. The summed E-state index contributed by atoms with van der Waals surface area (Å²) in [5.41, 5.74) is 8.74. The number of thiophene rings is 1. The van der Waals surface area contributed by atoms with Gasteiger partial charge in [0.25, 0.3) is 5.91 Å². The Morgan fingerprint density at radius 2 is 1.79 bits per heavy atom. The quantitative estimate of drug-likeness (QED) is 0.315. The van der Waals surface area contributed by atoms with Crippen LogP contribution in [0.4, 0.5) is 11.4 Å². The fourth-order valence-electron chi connectivity index (χ4n) is 2.85. The van der Waals surface area contributed by atoms with E-state index in [0.29, 0.717) is 22.5 Å². The van der Waals surface area contributed by atoms with Crippen molar-refractivity contribution in [2.45, 2.75) is 19.3 Å². The van der Waals surface area contributed by atoms with Gasteiger partial charge in [0.05, 0.1) is 11.4 Å². The molecule has 1 heterocycles. The number of anilines is 2. The van der Waals surface area contributed by atoms with Crippen LogP contribution in [0.3, 0.4) is 0 Å². The van der Waals surface area contributed by atoms with Crippen LogP contribution >= 0.6 is 11.3 Å². The molecule has 0 aliphatic heterocycles. The summed E-state index contributed by atoms with van der Waals surface area (Å²) >= 11 is 1.59. The monoisotopic (exact) mass is 411 g/mol. The average Bonchev–Trinajstić information content (AvgIpc) is 3.22. The Bertz CT molecular complexity index is 1000. The molecular weight excluding hydrogens is 390 g/mol. The van der Waals surface area contributed by atoms with Crippen LogP contribution in [-0.4, -0.2) is 28.3 Å². The Labute approximate surface area is 171 Å². The van der Waals surface area contributed by atoms with Gasteiger partial charge in [-0.3, -0.25) is 9.59 Å². The highest BCUT2D eigenvalue weighted by Crippen LogP contribution is 2.30. The highest BCUT2D eigenvalue weighted by Gasteiger charge is 2.20. The first kappa shape index (κ1) is 20.5. The fraction of sp³-hybridized carbons (Fsp3) is 0.143. The number of carbonyl (C=O) groups excluding carboxylic acids is 2. The summed E-state index contributed by atoms with van der Waals surface area (Å²) < 4.78 is 0. The lowest BCUT2D eigenvalue weighted by Crippen LogP contribution is -2.34. The van der Waals surface area contributed by atoms with Crippen molar-refractivity contribution in [2.75, 3.05) is 11.1 Å². The van der Waals surface area contributed by atoms with Crippen molar-refractivity contribution in [1.29, 1.82) is 0 Å². The van der Waals surface area contributed by atoms with Crippen molar-refractivity contribution >= 4 is 34.5 Å². The lowest BCUT2D eigenvalue weighted by molar-refractivity contribution is -0.125. The highest BCUT2D eigenvalue weighted by molar-refractivity contribution is 7.13. The minimum Gasteiger partial charge on any atom is -0.397 e. The molecule has 1 aromatic heterocycles. The molecule has 8 heteroatoms. The van der Waals surface area contributed by atoms with Crippen LogP contribution in [-0.2, 0) is 4.79 Å². The molecule has 29 heavy (non-hydrogen) atoms. The topological polar surface area (TPSA) is 125 Å². The van der Waals surface area contributed by atoms with Gasteiger partial charge in [-0.05, 0) is 46.8 Å². The van der Waals surface area contributed by atoms with Crippen LogP contribution in [0, 0.1) is 0 Å². The summed E-state index contributed by atoms with van der Waals surface area (Å²) in [5.74, 6) is -0.752. The SMILES string of the molecule is CC(=O)NC(c1ccc(C(=O)Nc2cc(-c3cccs3)ccc2N)cc1)C(O)O. The number of carbonyl (C=O) groups is 2. The molecule has 3 aromatic rings. The van der Waals surface area contributed by atoms with Crippen molar-refractivity contribution < 1.29 is 19.8 Å². The van der Waals surface area contributed by atoms with Gasteiger partial charge in [-0.15, -0.1) is 11.3 Å². The van der Waals surface area contributed by atoms with E-state index in [1.807, 2.05) is 29.6 Å². The second-order valence-electron chi connectivity index (χ2n) is 6.45. The molecule has 150 valence electrons. The number of benzene rings is 2. The molecule has 0 spiro atoms. The van der Waals surface area contributed by atoms with E-state index in [1.165, 1.54) is 6.92 Å². The Kier molecular flexibility index (Phi) is 6.28. The first-order valence-electron chi connectivity index (χ1n) is 8.83. The smallest absolute Gasteiger partial charge is 0.255 e. The highest BCUT2D eigenvalue weighted by atomic mass is 32.1. The van der Waals surface area contributed by atoms with E-state index in [2.05, 4.69) is 10.6 Å². The summed E-state index contributed by atoms with van der Waals surface area (Å²) in [4.78, 5) is 24.9. The molecule has 1 atom stereocenters. The number of aliphatic hydroxyl groups is 2. The number of nitrogens with one attached hydrogen (secondary N) is 2. The van der Waals surface area contributed by atoms with Crippen molar-refractivity contribution in [3.05, 3.63) is 71.1 Å². The number of nitrogens with two attached hydrogens (primary N) is 1. The van der Waals surface area contributed by atoms with Crippen molar-refractivity contribution in [3.8, 4) is 10.4 Å². The number of aliphatic hydroxyl groups excluding tert-OH is 1. The number of rotatable bonds is 6. The molecule has 2 aromatic carbocycles. The number of amides is 2. The van der Waals surface area contributed by atoms with Gasteiger partial charge < -0.3 is 26.6 Å². The molecule has 2 amide bonds. The van der Waals surface area contributed by atoms with Gasteiger partial charge in [-0.2, -0.15) is 0 Å². The second kappa shape index (κ2) is 8.87. The van der Waals surface area contributed by atoms with Crippen molar-refractivity contribution in [2.24, 2.45) is 0 Å². The van der Waals surface area contributed by atoms with Gasteiger partial charge in [0.1, 0.15) is 6.04 Å². The molecule has 3 rings (SSSR count). The third-order valence-electron chi connectivity index (χ3n) is 4.30. The van der Waals surface area contributed by atoms with E-state index < -0.39 is 18.2 Å². The van der Waals surface area contributed by atoms with Crippen molar-refractivity contribution in [1.82, 2.24) is 5.32 Å². The molecule has 6 N–H and O–H groups in total. The van der Waals surface area contributed by atoms with Gasteiger partial charge in [-0.1, -0.05) is 24.3 Å². The Balaban J connectivity index is 1.78. The van der Waals surface area contributed by atoms with Crippen LogP contribution in [0.2, 0.25) is 0 Å². The van der Waals surface area contributed by atoms with Crippen molar-refractivity contribution in [3.63, 3.8) is 0 Å². The van der Waals surface area contributed by atoms with E-state index in [9.17, 15) is 19.8 Å². The van der Waals surface area contributed by atoms with E-state index in [1.54, 1.807) is 41.7 Å². The molecule has 0 saturated heterocycles. The zero-order valence-corrected chi connectivity index (χ0v) is 16.4. The molecule has 1 unspecified atom stereocenters. The summed E-state index contributed by atoms with van der Waals surface area (Å²) in [6, 6.07) is 14.6. The minimum absolute atomic E-state index is 0.354. The summed E-state index contributed by atoms with van der Waals surface area (Å²) in [6.07, 6.45) is -1.77. The number of hydrogen-bond donors (Lipinski definition) is 5. The maximum Gasteiger partial charge on any atom is 0.255 e. The fourth-order valence-corrected chi connectivity index (χ4v) is 3.57. The van der Waals surface area contributed by atoms with Gasteiger partial charge >= 0.3 is 0 Å². The normalized spacial score (nSPS) is 11.9. The molecular formula is C21H21N3O4S. The largest absolute Gasteiger partial charge is 0.397 e. The zero-order valence-electron chi connectivity index (χ0n) is 15.6. The zero-order chi connectivity index (χ0) is 21.0. The van der Waals surface area contributed by atoms with Crippen LogP contribution in [0.25, 0.3) is 10.4 Å². The second-order valence-corrected chi connectivity index (χ2v) is 7.39. The molecule has 0 aliphatic rings. The summed E-state index contributed by atoms with van der Waals surface area (Å²) in [6.45, 7) is 1.28.